The van der Waals surface area contributed by atoms with Crippen molar-refractivity contribution >= 4 is 12.4 Å². The Morgan fingerprint density at radius 2 is 2.08 bits per heavy atom. The van der Waals surface area contributed by atoms with E-state index in [9.17, 15) is 0 Å². The fourth-order valence-electron chi connectivity index (χ4n) is 4.64. The van der Waals surface area contributed by atoms with Gasteiger partial charge in [-0.15, -0.1) is 12.4 Å². The van der Waals surface area contributed by atoms with Crippen molar-refractivity contribution in [3.8, 4) is 11.1 Å². The molecule has 3 atom stereocenters. The first kappa shape index (κ1) is 18.4. The molecule has 2 aromatic rings. The maximum Gasteiger partial charge on any atom is 0.0568 e. The van der Waals surface area contributed by atoms with Gasteiger partial charge in [0.1, 0.15) is 0 Å². The van der Waals surface area contributed by atoms with E-state index in [4.69, 9.17) is 5.73 Å². The zero-order valence-electron chi connectivity index (χ0n) is 15.2. The van der Waals surface area contributed by atoms with E-state index >= 15 is 0 Å². The maximum atomic E-state index is 6.38. The highest BCUT2D eigenvalue weighted by Gasteiger charge is 2.38. The van der Waals surface area contributed by atoms with E-state index in [0.29, 0.717) is 12.0 Å². The second kappa shape index (κ2) is 7.48. The minimum Gasteiger partial charge on any atom is -0.327 e. The first-order valence-electron chi connectivity index (χ1n) is 9.16. The number of aromatic nitrogens is 2. The van der Waals surface area contributed by atoms with Gasteiger partial charge in [-0.25, -0.2) is 0 Å². The number of likely N-dealkylation sites (tertiary alicyclic amines) is 1. The molecule has 4 rings (SSSR count). The van der Waals surface area contributed by atoms with Crippen LogP contribution in [0.5, 0.6) is 0 Å². The molecule has 0 amide bonds. The van der Waals surface area contributed by atoms with Gasteiger partial charge in [0, 0.05) is 44.5 Å². The number of hydrogen-bond donors (Lipinski definition) is 1. The molecule has 1 aromatic heterocycles. The SMILES string of the molecule is Cc1ccc(CN2CC3CCCC(N)C3C2)c(-c2cnn(C)c2)c1.Cl. The lowest BCUT2D eigenvalue weighted by atomic mass is 9.78. The lowest BCUT2D eigenvalue weighted by Gasteiger charge is -2.29. The van der Waals surface area contributed by atoms with Crippen molar-refractivity contribution < 1.29 is 0 Å². The minimum absolute atomic E-state index is 0. The zero-order chi connectivity index (χ0) is 16.7. The Bertz CT molecular complexity index is 726. The van der Waals surface area contributed by atoms with Crippen molar-refractivity contribution in [3.63, 3.8) is 0 Å². The van der Waals surface area contributed by atoms with Crippen LogP contribution in [0.25, 0.3) is 11.1 Å². The number of rotatable bonds is 3. The molecular weight excluding hydrogens is 332 g/mol. The van der Waals surface area contributed by atoms with E-state index < -0.39 is 0 Å². The molecule has 25 heavy (non-hydrogen) atoms. The molecular formula is C20H29ClN4. The fraction of sp³-hybridized carbons (Fsp3) is 0.550. The molecule has 2 fully saturated rings. The Kier molecular flexibility index (Phi) is 5.52. The molecule has 0 radical (unpaired) electrons. The van der Waals surface area contributed by atoms with Crippen molar-refractivity contribution in [2.24, 2.45) is 24.6 Å². The molecule has 2 N–H and O–H groups in total. The van der Waals surface area contributed by atoms with Crippen LogP contribution in [-0.4, -0.2) is 33.8 Å². The van der Waals surface area contributed by atoms with Crippen LogP contribution in [0.2, 0.25) is 0 Å². The van der Waals surface area contributed by atoms with Gasteiger partial charge in [-0.2, -0.15) is 5.10 Å². The molecule has 5 heteroatoms. The fourth-order valence-corrected chi connectivity index (χ4v) is 4.64. The standard InChI is InChI=1S/C20H28N4.ClH/c1-14-6-7-16(18(8-14)17-9-22-23(2)10-17)12-24-11-15-4-3-5-20(21)19(15)13-24;/h6-10,15,19-20H,3-5,11-13,21H2,1-2H3;1H. The average molecular weight is 361 g/mol. The summed E-state index contributed by atoms with van der Waals surface area (Å²) < 4.78 is 1.88. The van der Waals surface area contributed by atoms with Crippen molar-refractivity contribution in [1.82, 2.24) is 14.7 Å². The van der Waals surface area contributed by atoms with Crippen LogP contribution in [0.4, 0.5) is 0 Å². The quantitative estimate of drug-likeness (QED) is 0.912. The van der Waals surface area contributed by atoms with Gasteiger partial charge in [0.05, 0.1) is 6.20 Å². The smallest absolute Gasteiger partial charge is 0.0568 e. The second-order valence-electron chi connectivity index (χ2n) is 7.78. The van der Waals surface area contributed by atoms with Crippen LogP contribution in [-0.2, 0) is 13.6 Å². The predicted molar refractivity (Wildman–Crippen MR) is 105 cm³/mol. The minimum atomic E-state index is 0. The van der Waals surface area contributed by atoms with Crippen molar-refractivity contribution in [3.05, 3.63) is 41.7 Å². The van der Waals surface area contributed by atoms with Gasteiger partial charge in [0.15, 0.2) is 0 Å². The first-order valence-corrected chi connectivity index (χ1v) is 9.16. The number of fused-ring (bicyclic) bond motifs is 1. The van der Waals surface area contributed by atoms with Crippen LogP contribution >= 0.6 is 12.4 Å². The molecule has 3 unspecified atom stereocenters. The average Bonchev–Trinajstić information content (AvgIpc) is 3.16. The van der Waals surface area contributed by atoms with Gasteiger partial charge in [-0.3, -0.25) is 9.58 Å². The number of nitrogens with zero attached hydrogens (tertiary/aromatic N) is 3. The van der Waals surface area contributed by atoms with Gasteiger partial charge >= 0.3 is 0 Å². The Hall–Kier alpha value is -1.36. The number of aryl methyl sites for hydroxylation is 2. The Balaban J connectivity index is 0.00000182. The molecule has 1 saturated carbocycles. The van der Waals surface area contributed by atoms with Gasteiger partial charge in [0.2, 0.25) is 0 Å². The van der Waals surface area contributed by atoms with E-state index in [-0.39, 0.29) is 12.4 Å². The molecule has 4 nitrogen and oxygen atoms in total. The monoisotopic (exact) mass is 360 g/mol. The molecule has 2 aliphatic rings. The van der Waals surface area contributed by atoms with E-state index in [1.807, 2.05) is 17.9 Å². The topological polar surface area (TPSA) is 47.1 Å². The third-order valence-corrected chi connectivity index (χ3v) is 5.90. The molecule has 2 heterocycles. The van der Waals surface area contributed by atoms with E-state index in [1.54, 1.807) is 0 Å². The molecule has 0 spiro atoms. The van der Waals surface area contributed by atoms with Crippen LogP contribution in [0.1, 0.15) is 30.4 Å². The summed E-state index contributed by atoms with van der Waals surface area (Å²) in [5.74, 6) is 1.51. The summed E-state index contributed by atoms with van der Waals surface area (Å²) in [7, 11) is 1.98. The lowest BCUT2D eigenvalue weighted by molar-refractivity contribution is 0.259. The Morgan fingerprint density at radius 3 is 2.80 bits per heavy atom. The number of hydrogen-bond acceptors (Lipinski definition) is 3. The molecule has 1 aromatic carbocycles. The van der Waals surface area contributed by atoms with Crippen molar-refractivity contribution in [1.29, 1.82) is 0 Å². The summed E-state index contributed by atoms with van der Waals surface area (Å²) >= 11 is 0. The van der Waals surface area contributed by atoms with Crippen LogP contribution in [0, 0.1) is 18.8 Å². The summed E-state index contributed by atoms with van der Waals surface area (Å²) in [6, 6.07) is 7.22. The number of nitrogens with two attached hydrogens (primary N) is 1. The highest BCUT2D eigenvalue weighted by Crippen LogP contribution is 2.37. The Morgan fingerprint density at radius 1 is 1.24 bits per heavy atom. The maximum absolute atomic E-state index is 6.38. The summed E-state index contributed by atoms with van der Waals surface area (Å²) in [4.78, 5) is 2.62. The van der Waals surface area contributed by atoms with Gasteiger partial charge < -0.3 is 5.73 Å². The van der Waals surface area contributed by atoms with Crippen LogP contribution in [0.3, 0.4) is 0 Å². The first-order chi connectivity index (χ1) is 11.6. The van der Waals surface area contributed by atoms with E-state index in [0.717, 1.165) is 19.0 Å². The van der Waals surface area contributed by atoms with Gasteiger partial charge in [-0.05, 0) is 42.7 Å². The summed E-state index contributed by atoms with van der Waals surface area (Å²) in [5, 5.41) is 4.35. The van der Waals surface area contributed by atoms with Gasteiger partial charge in [-0.1, -0.05) is 30.2 Å². The highest BCUT2D eigenvalue weighted by molar-refractivity contribution is 5.85. The third kappa shape index (κ3) is 3.76. The molecule has 0 bridgehead atoms. The third-order valence-electron chi connectivity index (χ3n) is 5.90. The van der Waals surface area contributed by atoms with E-state index in [2.05, 4.69) is 41.3 Å². The molecule has 1 aliphatic carbocycles. The number of benzene rings is 1. The molecule has 1 saturated heterocycles. The van der Waals surface area contributed by atoms with Crippen LogP contribution < -0.4 is 5.73 Å². The highest BCUT2D eigenvalue weighted by atomic mass is 35.5. The zero-order valence-corrected chi connectivity index (χ0v) is 16.0. The normalized spacial score (nSPS) is 26.3. The van der Waals surface area contributed by atoms with Crippen molar-refractivity contribution in [2.75, 3.05) is 13.1 Å². The summed E-state index contributed by atoms with van der Waals surface area (Å²) in [5.41, 5.74) is 11.6. The number of halogens is 1. The lowest BCUT2D eigenvalue weighted by Crippen LogP contribution is -2.38. The van der Waals surface area contributed by atoms with Gasteiger partial charge in [0.25, 0.3) is 0 Å². The predicted octanol–water partition coefficient (Wildman–Crippen LogP) is 3.38. The van der Waals surface area contributed by atoms with Crippen molar-refractivity contribution in [2.45, 2.75) is 38.8 Å². The molecule has 136 valence electrons. The largest absolute Gasteiger partial charge is 0.327 e. The Labute approximate surface area is 156 Å². The molecule has 1 aliphatic heterocycles. The second-order valence-corrected chi connectivity index (χ2v) is 7.78. The summed E-state index contributed by atoms with van der Waals surface area (Å²) in [6.45, 7) is 5.54. The summed E-state index contributed by atoms with van der Waals surface area (Å²) in [6.07, 6.45) is 7.95. The van der Waals surface area contributed by atoms with Crippen LogP contribution in [0.15, 0.2) is 30.6 Å². The van der Waals surface area contributed by atoms with E-state index in [1.165, 1.54) is 48.1 Å².